The monoisotopic (exact) mass is 285 g/mol. The minimum atomic E-state index is -0.293. The Morgan fingerprint density at radius 2 is 2.05 bits per heavy atom. The van der Waals surface area contributed by atoms with E-state index in [0.29, 0.717) is 17.2 Å². The molecule has 0 atom stereocenters. The number of aryl methyl sites for hydroxylation is 1. The van der Waals surface area contributed by atoms with Crippen LogP contribution in [0.4, 0.5) is 11.6 Å². The van der Waals surface area contributed by atoms with Gasteiger partial charge in [-0.2, -0.15) is 0 Å². The Labute approximate surface area is 121 Å². The molecule has 0 aromatic carbocycles. The number of rotatable bonds is 4. The third-order valence-corrected chi connectivity index (χ3v) is 3.17. The molecule has 0 aliphatic heterocycles. The van der Waals surface area contributed by atoms with Crippen LogP contribution in [-0.2, 0) is 11.8 Å². The fraction of sp³-hybridized carbons (Fsp3) is 0.286. The molecule has 0 bridgehead atoms. The number of hydrogen-bond donors (Lipinski definition) is 2. The zero-order chi connectivity index (χ0) is 14.8. The van der Waals surface area contributed by atoms with Gasteiger partial charge in [0.25, 0.3) is 5.91 Å². The first-order valence-corrected chi connectivity index (χ1v) is 6.68. The summed E-state index contributed by atoms with van der Waals surface area (Å²) in [5, 5.41) is 5.40. The molecule has 3 rings (SSSR count). The predicted octanol–water partition coefficient (Wildman–Crippen LogP) is 1.42. The molecule has 2 aromatic rings. The zero-order valence-electron chi connectivity index (χ0n) is 11.5. The van der Waals surface area contributed by atoms with E-state index in [2.05, 4.69) is 20.6 Å². The van der Waals surface area contributed by atoms with E-state index in [1.54, 1.807) is 29.2 Å². The van der Waals surface area contributed by atoms with Crippen molar-refractivity contribution in [3.05, 3.63) is 36.4 Å². The van der Waals surface area contributed by atoms with Crippen LogP contribution in [0.1, 0.15) is 23.2 Å². The Kier molecular flexibility index (Phi) is 3.39. The number of anilines is 2. The van der Waals surface area contributed by atoms with Crippen LogP contribution in [0.3, 0.4) is 0 Å². The summed E-state index contributed by atoms with van der Waals surface area (Å²) >= 11 is 0. The number of aromatic nitrogens is 3. The minimum Gasteiger partial charge on any atom is -0.338 e. The van der Waals surface area contributed by atoms with Gasteiger partial charge in [-0.3, -0.25) is 9.59 Å². The van der Waals surface area contributed by atoms with E-state index in [9.17, 15) is 9.59 Å². The summed E-state index contributed by atoms with van der Waals surface area (Å²) in [5.41, 5.74) is 0.418. The Morgan fingerprint density at radius 3 is 2.71 bits per heavy atom. The van der Waals surface area contributed by atoms with Gasteiger partial charge in [0.15, 0.2) is 5.82 Å². The highest BCUT2D eigenvalue weighted by molar-refractivity contribution is 6.04. The summed E-state index contributed by atoms with van der Waals surface area (Å²) in [4.78, 5) is 31.9. The lowest BCUT2D eigenvalue weighted by molar-refractivity contribution is -0.117. The second-order valence-corrected chi connectivity index (χ2v) is 5.07. The van der Waals surface area contributed by atoms with Gasteiger partial charge in [0.2, 0.25) is 5.91 Å². The van der Waals surface area contributed by atoms with E-state index < -0.39 is 0 Å². The lowest BCUT2D eigenvalue weighted by Gasteiger charge is -2.06. The van der Waals surface area contributed by atoms with Crippen molar-refractivity contribution in [2.45, 2.75) is 12.8 Å². The molecule has 2 N–H and O–H groups in total. The molecule has 1 aliphatic carbocycles. The molecule has 0 spiro atoms. The largest absolute Gasteiger partial charge is 0.338 e. The molecule has 7 heteroatoms. The van der Waals surface area contributed by atoms with E-state index >= 15 is 0 Å². The highest BCUT2D eigenvalue weighted by Gasteiger charge is 2.29. The quantitative estimate of drug-likeness (QED) is 0.889. The number of nitrogens with zero attached hydrogens (tertiary/aromatic N) is 3. The van der Waals surface area contributed by atoms with Gasteiger partial charge in [-0.05, 0) is 25.0 Å². The van der Waals surface area contributed by atoms with Crippen LogP contribution in [0.2, 0.25) is 0 Å². The number of nitrogens with one attached hydrogen (secondary N) is 2. The third-order valence-electron chi connectivity index (χ3n) is 3.17. The van der Waals surface area contributed by atoms with Gasteiger partial charge in [0, 0.05) is 30.9 Å². The number of amides is 2. The molecule has 7 nitrogen and oxygen atoms in total. The molecule has 0 saturated heterocycles. The summed E-state index contributed by atoms with van der Waals surface area (Å²) < 4.78 is 1.74. The molecular formula is C14H15N5O2. The maximum absolute atomic E-state index is 12.1. The Bertz CT molecular complexity index is 690. The second kappa shape index (κ2) is 5.35. The van der Waals surface area contributed by atoms with Crippen LogP contribution in [0, 0.1) is 5.92 Å². The van der Waals surface area contributed by atoms with Gasteiger partial charge in [0.05, 0.1) is 6.33 Å². The Morgan fingerprint density at radius 1 is 1.24 bits per heavy atom. The number of imidazole rings is 1. The van der Waals surface area contributed by atoms with E-state index in [0.717, 1.165) is 12.8 Å². The molecule has 0 radical (unpaired) electrons. The third kappa shape index (κ3) is 3.25. The molecule has 2 heterocycles. The standard InChI is InChI=1S/C14H15N5O2/c1-19-7-12(16-8-19)18-14(21)10-4-5-15-11(6-10)17-13(20)9-2-3-9/h4-9H,2-3H2,1H3,(H,18,21)(H,15,17,20). The maximum atomic E-state index is 12.1. The number of hydrogen-bond acceptors (Lipinski definition) is 4. The molecule has 1 fully saturated rings. The van der Waals surface area contributed by atoms with Crippen molar-refractivity contribution in [3.8, 4) is 0 Å². The van der Waals surface area contributed by atoms with E-state index in [4.69, 9.17) is 0 Å². The second-order valence-electron chi connectivity index (χ2n) is 5.07. The molecule has 2 aromatic heterocycles. The minimum absolute atomic E-state index is 0.0372. The Hall–Kier alpha value is -2.70. The van der Waals surface area contributed by atoms with E-state index in [1.807, 2.05) is 7.05 Å². The van der Waals surface area contributed by atoms with Crippen LogP contribution in [0.25, 0.3) is 0 Å². The van der Waals surface area contributed by atoms with Gasteiger partial charge < -0.3 is 15.2 Å². The van der Waals surface area contributed by atoms with Crippen molar-refractivity contribution < 1.29 is 9.59 Å². The van der Waals surface area contributed by atoms with Crippen LogP contribution in [0.15, 0.2) is 30.9 Å². The average molecular weight is 285 g/mol. The van der Waals surface area contributed by atoms with Crippen molar-refractivity contribution in [3.63, 3.8) is 0 Å². The van der Waals surface area contributed by atoms with Gasteiger partial charge >= 0.3 is 0 Å². The fourth-order valence-corrected chi connectivity index (χ4v) is 1.88. The molecule has 0 unspecified atom stereocenters. The highest BCUT2D eigenvalue weighted by atomic mass is 16.2. The topological polar surface area (TPSA) is 88.9 Å². The summed E-state index contributed by atoms with van der Waals surface area (Å²) in [5.74, 6) is 0.629. The van der Waals surface area contributed by atoms with Crippen LogP contribution < -0.4 is 10.6 Å². The lowest BCUT2D eigenvalue weighted by Crippen LogP contribution is -2.16. The first-order valence-electron chi connectivity index (χ1n) is 6.68. The number of carbonyl (C=O) groups is 2. The smallest absolute Gasteiger partial charge is 0.257 e. The van der Waals surface area contributed by atoms with Crippen LogP contribution >= 0.6 is 0 Å². The average Bonchev–Trinajstić information content (AvgIpc) is 3.23. The van der Waals surface area contributed by atoms with E-state index in [1.165, 1.54) is 6.20 Å². The summed E-state index contributed by atoms with van der Waals surface area (Å²) in [6.45, 7) is 0. The van der Waals surface area contributed by atoms with Crippen LogP contribution in [0.5, 0.6) is 0 Å². The zero-order valence-corrected chi connectivity index (χ0v) is 11.5. The lowest BCUT2D eigenvalue weighted by atomic mass is 10.2. The summed E-state index contributed by atoms with van der Waals surface area (Å²) in [7, 11) is 1.82. The van der Waals surface area contributed by atoms with Crippen molar-refractivity contribution in [2.24, 2.45) is 13.0 Å². The first kappa shape index (κ1) is 13.3. The molecule has 2 amide bonds. The molecule has 1 saturated carbocycles. The Balaban J connectivity index is 1.69. The first-order chi connectivity index (χ1) is 10.1. The number of carbonyl (C=O) groups excluding carboxylic acids is 2. The normalized spacial score (nSPS) is 13.8. The molecule has 1 aliphatic rings. The highest BCUT2D eigenvalue weighted by Crippen LogP contribution is 2.29. The number of pyridine rings is 1. The van der Waals surface area contributed by atoms with Crippen molar-refractivity contribution in [1.29, 1.82) is 0 Å². The molecular weight excluding hydrogens is 270 g/mol. The van der Waals surface area contributed by atoms with Crippen molar-refractivity contribution in [1.82, 2.24) is 14.5 Å². The van der Waals surface area contributed by atoms with Crippen LogP contribution in [-0.4, -0.2) is 26.3 Å². The predicted molar refractivity (Wildman–Crippen MR) is 76.8 cm³/mol. The van der Waals surface area contributed by atoms with Gasteiger partial charge in [-0.1, -0.05) is 0 Å². The fourth-order valence-electron chi connectivity index (χ4n) is 1.88. The van der Waals surface area contributed by atoms with Gasteiger partial charge in [-0.15, -0.1) is 0 Å². The summed E-state index contributed by atoms with van der Waals surface area (Å²) in [6, 6.07) is 3.14. The van der Waals surface area contributed by atoms with Crippen molar-refractivity contribution >= 4 is 23.5 Å². The summed E-state index contributed by atoms with van der Waals surface area (Å²) in [6.07, 6.45) is 6.64. The van der Waals surface area contributed by atoms with Gasteiger partial charge in [0.1, 0.15) is 5.82 Å². The maximum Gasteiger partial charge on any atom is 0.257 e. The van der Waals surface area contributed by atoms with E-state index in [-0.39, 0.29) is 17.7 Å². The van der Waals surface area contributed by atoms with Gasteiger partial charge in [-0.25, -0.2) is 9.97 Å². The molecule has 108 valence electrons. The SMILES string of the molecule is Cn1cnc(NC(=O)c2ccnc(NC(=O)C3CC3)c2)c1. The van der Waals surface area contributed by atoms with Crippen molar-refractivity contribution in [2.75, 3.05) is 10.6 Å². The molecule has 21 heavy (non-hydrogen) atoms.